The molecule has 0 saturated heterocycles. The number of nitrogens with zero attached hydrogens (tertiary/aromatic N) is 4. The molecule has 1 aromatic carbocycles. The Balaban J connectivity index is 1.57. The Morgan fingerprint density at radius 1 is 1.13 bits per heavy atom. The molecule has 1 saturated carbocycles. The summed E-state index contributed by atoms with van der Waals surface area (Å²) in [5, 5.41) is 16.4. The summed E-state index contributed by atoms with van der Waals surface area (Å²) >= 11 is 0. The first-order valence-corrected chi connectivity index (χ1v) is 10.4. The fourth-order valence-corrected chi connectivity index (χ4v) is 4.22. The van der Waals surface area contributed by atoms with Crippen LogP contribution >= 0.6 is 0 Å². The molecule has 1 aliphatic carbocycles. The van der Waals surface area contributed by atoms with Crippen LogP contribution in [-0.4, -0.2) is 24.9 Å². The first kappa shape index (κ1) is 19.8. The SMILES string of the molecule is CC1(C(N)(O)c2cccc(-c3ccc4cnn(-c5cccc(CF)n5)c4c3)n2)CCC1. The minimum atomic E-state index is -1.48. The zero-order valence-electron chi connectivity index (χ0n) is 17.3. The molecule has 1 atom stereocenters. The Kier molecular flexibility index (Phi) is 4.60. The lowest BCUT2D eigenvalue weighted by molar-refractivity contribution is -0.123. The second kappa shape index (κ2) is 7.21. The number of nitrogens with two attached hydrogens (primary N) is 1. The summed E-state index contributed by atoms with van der Waals surface area (Å²) in [6.07, 6.45) is 4.57. The Bertz CT molecular complexity index is 1260. The number of alkyl halides is 1. The molecule has 0 bridgehead atoms. The van der Waals surface area contributed by atoms with Gasteiger partial charge in [-0.25, -0.2) is 19.0 Å². The van der Waals surface area contributed by atoms with Crippen molar-refractivity contribution < 1.29 is 9.50 Å². The summed E-state index contributed by atoms with van der Waals surface area (Å²) in [7, 11) is 0. The number of aliphatic hydroxyl groups is 1. The number of pyridine rings is 2. The van der Waals surface area contributed by atoms with Gasteiger partial charge in [0.2, 0.25) is 0 Å². The highest BCUT2D eigenvalue weighted by Gasteiger charge is 2.50. The number of halogens is 1. The molecule has 0 spiro atoms. The van der Waals surface area contributed by atoms with Gasteiger partial charge in [-0.2, -0.15) is 5.10 Å². The smallest absolute Gasteiger partial charge is 0.162 e. The highest BCUT2D eigenvalue weighted by atomic mass is 19.1. The van der Waals surface area contributed by atoms with Gasteiger partial charge < -0.3 is 5.11 Å². The molecule has 3 N–H and O–H groups in total. The first-order valence-electron chi connectivity index (χ1n) is 10.4. The van der Waals surface area contributed by atoms with Gasteiger partial charge in [0.15, 0.2) is 11.5 Å². The molecule has 7 heteroatoms. The van der Waals surface area contributed by atoms with Crippen molar-refractivity contribution in [3.63, 3.8) is 0 Å². The number of hydrogen-bond acceptors (Lipinski definition) is 5. The zero-order chi connectivity index (χ0) is 21.6. The maximum absolute atomic E-state index is 13.1. The molecule has 6 nitrogen and oxygen atoms in total. The largest absolute Gasteiger partial charge is 0.370 e. The van der Waals surface area contributed by atoms with Crippen LogP contribution in [-0.2, 0) is 12.4 Å². The molecule has 4 aromatic rings. The van der Waals surface area contributed by atoms with Gasteiger partial charge >= 0.3 is 0 Å². The highest BCUT2D eigenvalue weighted by Crippen LogP contribution is 2.50. The van der Waals surface area contributed by atoms with Crippen molar-refractivity contribution in [2.45, 2.75) is 38.6 Å². The lowest BCUT2D eigenvalue weighted by Crippen LogP contribution is -2.55. The fraction of sp³-hybridized carbons (Fsp3) is 0.292. The van der Waals surface area contributed by atoms with Crippen molar-refractivity contribution in [2.75, 3.05) is 0 Å². The lowest BCUT2D eigenvalue weighted by atomic mass is 9.62. The van der Waals surface area contributed by atoms with E-state index < -0.39 is 12.4 Å². The second-order valence-electron chi connectivity index (χ2n) is 8.54. The van der Waals surface area contributed by atoms with E-state index in [9.17, 15) is 9.50 Å². The van der Waals surface area contributed by atoms with Crippen LogP contribution in [0.15, 0.2) is 60.8 Å². The molecule has 0 radical (unpaired) electrons. The van der Waals surface area contributed by atoms with E-state index in [2.05, 4.69) is 10.1 Å². The third-order valence-corrected chi connectivity index (χ3v) is 6.53. The van der Waals surface area contributed by atoms with Crippen LogP contribution in [0.3, 0.4) is 0 Å². The molecular formula is C24H24FN5O. The van der Waals surface area contributed by atoms with Crippen LogP contribution in [0.1, 0.15) is 37.6 Å². The molecule has 5 rings (SSSR count). The third-order valence-electron chi connectivity index (χ3n) is 6.53. The third kappa shape index (κ3) is 3.21. The minimum Gasteiger partial charge on any atom is -0.370 e. The average Bonchev–Trinajstić information content (AvgIpc) is 3.20. The molecule has 158 valence electrons. The van der Waals surface area contributed by atoms with Gasteiger partial charge in [-0.15, -0.1) is 0 Å². The average molecular weight is 417 g/mol. The molecule has 1 aliphatic rings. The zero-order valence-corrected chi connectivity index (χ0v) is 17.3. The Labute approximate surface area is 179 Å². The van der Waals surface area contributed by atoms with Crippen LogP contribution in [0.25, 0.3) is 28.0 Å². The monoisotopic (exact) mass is 417 g/mol. The summed E-state index contributed by atoms with van der Waals surface area (Å²) in [4.78, 5) is 9.05. The Hall–Kier alpha value is -3.16. The summed E-state index contributed by atoms with van der Waals surface area (Å²) in [5.74, 6) is 0.554. The van der Waals surface area contributed by atoms with Gasteiger partial charge in [-0.05, 0) is 43.2 Å². The number of fused-ring (bicyclic) bond motifs is 1. The van der Waals surface area contributed by atoms with Gasteiger partial charge in [-0.1, -0.05) is 37.6 Å². The van der Waals surface area contributed by atoms with E-state index in [1.807, 2.05) is 37.3 Å². The summed E-state index contributed by atoms with van der Waals surface area (Å²) < 4.78 is 14.8. The van der Waals surface area contributed by atoms with Crippen molar-refractivity contribution in [2.24, 2.45) is 11.1 Å². The van der Waals surface area contributed by atoms with Crippen molar-refractivity contribution in [1.29, 1.82) is 0 Å². The van der Waals surface area contributed by atoms with E-state index in [0.717, 1.165) is 35.7 Å². The standard InChI is InChI=1S/C24H24FN5O/c1-23(11-4-12-23)24(26,31)21-7-3-6-19(29-21)16-9-10-17-15-27-30(20(17)13-16)22-8-2-5-18(14-25)28-22/h2-3,5-10,13,15,31H,4,11-12,14,26H2,1H3. The summed E-state index contributed by atoms with van der Waals surface area (Å²) in [5.41, 5.74) is 7.76. The topological polar surface area (TPSA) is 89.8 Å². The quantitative estimate of drug-likeness (QED) is 0.474. The number of benzene rings is 1. The molecule has 1 fully saturated rings. The van der Waals surface area contributed by atoms with E-state index in [0.29, 0.717) is 22.9 Å². The molecule has 31 heavy (non-hydrogen) atoms. The van der Waals surface area contributed by atoms with Crippen LogP contribution in [0.2, 0.25) is 0 Å². The molecule has 0 aliphatic heterocycles. The number of aromatic nitrogens is 4. The predicted octanol–water partition coefficient (Wildman–Crippen LogP) is 4.25. The highest BCUT2D eigenvalue weighted by molar-refractivity contribution is 5.84. The van der Waals surface area contributed by atoms with Gasteiger partial charge in [0.25, 0.3) is 0 Å². The maximum atomic E-state index is 13.1. The molecule has 3 aromatic heterocycles. The molecule has 1 unspecified atom stereocenters. The number of rotatable bonds is 5. The van der Waals surface area contributed by atoms with Crippen LogP contribution in [0.5, 0.6) is 0 Å². The van der Waals surface area contributed by atoms with E-state index in [1.54, 1.807) is 35.1 Å². The second-order valence-corrected chi connectivity index (χ2v) is 8.54. The summed E-state index contributed by atoms with van der Waals surface area (Å²) in [6, 6.07) is 16.6. The van der Waals surface area contributed by atoms with Crippen molar-refractivity contribution >= 4 is 10.9 Å². The van der Waals surface area contributed by atoms with Crippen molar-refractivity contribution in [3.05, 3.63) is 72.2 Å². The number of hydrogen-bond donors (Lipinski definition) is 2. The van der Waals surface area contributed by atoms with Crippen LogP contribution < -0.4 is 5.73 Å². The Morgan fingerprint density at radius 2 is 1.94 bits per heavy atom. The van der Waals surface area contributed by atoms with Gasteiger partial charge in [0, 0.05) is 16.4 Å². The van der Waals surface area contributed by atoms with Gasteiger partial charge in [-0.3, -0.25) is 5.73 Å². The Morgan fingerprint density at radius 3 is 2.68 bits per heavy atom. The first-order chi connectivity index (χ1) is 14.9. The van der Waals surface area contributed by atoms with E-state index in [-0.39, 0.29) is 5.41 Å². The van der Waals surface area contributed by atoms with Crippen LogP contribution in [0.4, 0.5) is 4.39 Å². The lowest BCUT2D eigenvalue weighted by Gasteiger charge is -2.48. The summed E-state index contributed by atoms with van der Waals surface area (Å²) in [6.45, 7) is 1.38. The van der Waals surface area contributed by atoms with E-state index >= 15 is 0 Å². The van der Waals surface area contributed by atoms with Gasteiger partial charge in [0.05, 0.1) is 28.8 Å². The predicted molar refractivity (Wildman–Crippen MR) is 117 cm³/mol. The fourth-order valence-electron chi connectivity index (χ4n) is 4.22. The molecular weight excluding hydrogens is 393 g/mol. The van der Waals surface area contributed by atoms with E-state index in [4.69, 9.17) is 10.7 Å². The molecule has 3 heterocycles. The maximum Gasteiger partial charge on any atom is 0.162 e. The minimum absolute atomic E-state index is 0.360. The van der Waals surface area contributed by atoms with Crippen LogP contribution in [0, 0.1) is 5.41 Å². The van der Waals surface area contributed by atoms with E-state index in [1.165, 1.54) is 0 Å². The van der Waals surface area contributed by atoms with Crippen molar-refractivity contribution in [3.8, 4) is 17.1 Å². The molecule has 0 amide bonds. The van der Waals surface area contributed by atoms with Crippen molar-refractivity contribution in [1.82, 2.24) is 19.7 Å². The normalized spacial score (nSPS) is 17.3. The van der Waals surface area contributed by atoms with Gasteiger partial charge in [0.1, 0.15) is 6.67 Å².